The van der Waals surface area contributed by atoms with Gasteiger partial charge in [-0.05, 0) is 53.8 Å². The fourth-order valence-electron chi connectivity index (χ4n) is 3.39. The average molecular weight is 368 g/mol. The predicted octanol–water partition coefficient (Wildman–Crippen LogP) is 3.36. The van der Waals surface area contributed by atoms with Crippen LogP contribution in [0.5, 0.6) is 0 Å². The van der Waals surface area contributed by atoms with Crippen molar-refractivity contribution in [1.82, 2.24) is 20.0 Å². The van der Waals surface area contributed by atoms with E-state index in [1.54, 1.807) is 23.7 Å². The highest BCUT2D eigenvalue weighted by Crippen LogP contribution is 2.23. The minimum absolute atomic E-state index is 0.218. The lowest BCUT2D eigenvalue weighted by Gasteiger charge is -2.24. The second-order valence-corrected chi connectivity index (χ2v) is 7.27. The molecular weight excluding hydrogens is 348 g/mol. The molecule has 0 radical (unpaired) electrons. The number of pyridine rings is 1. The molecule has 1 aliphatic heterocycles. The number of nitrogens with zero attached hydrogens (tertiary/aromatic N) is 4. The third-order valence-electron chi connectivity index (χ3n) is 4.71. The average Bonchev–Trinajstić information content (AvgIpc) is 3.42. The molecule has 3 aromatic heterocycles. The number of hydrogen-bond acceptors (Lipinski definition) is 6. The summed E-state index contributed by atoms with van der Waals surface area (Å²) in [6.07, 6.45) is 7.59. The fraction of sp³-hybridized carbons (Fsp3) is 0.368. The quantitative estimate of drug-likeness (QED) is 0.667. The highest BCUT2D eigenvalue weighted by molar-refractivity contribution is 7.08. The molecule has 0 bridgehead atoms. The number of hydrogen-bond donors (Lipinski definition) is 0. The first-order valence-electron chi connectivity index (χ1n) is 8.83. The Morgan fingerprint density at radius 3 is 3.15 bits per heavy atom. The third kappa shape index (κ3) is 3.83. The van der Waals surface area contributed by atoms with E-state index in [2.05, 4.69) is 15.1 Å². The molecule has 0 aliphatic carbocycles. The van der Waals surface area contributed by atoms with Gasteiger partial charge in [0.2, 0.25) is 5.91 Å². The van der Waals surface area contributed by atoms with E-state index in [4.69, 9.17) is 4.52 Å². The van der Waals surface area contributed by atoms with Gasteiger partial charge in [-0.15, -0.1) is 0 Å². The molecule has 1 atom stereocenters. The summed E-state index contributed by atoms with van der Waals surface area (Å²) in [5.41, 5.74) is 1.92. The summed E-state index contributed by atoms with van der Waals surface area (Å²) in [5, 5.41) is 8.13. The van der Waals surface area contributed by atoms with Crippen LogP contribution in [-0.2, 0) is 17.6 Å². The van der Waals surface area contributed by atoms with Crippen LogP contribution in [0.15, 0.2) is 45.9 Å². The summed E-state index contributed by atoms with van der Waals surface area (Å²) >= 11 is 1.63. The molecule has 1 saturated heterocycles. The zero-order valence-electron chi connectivity index (χ0n) is 14.4. The van der Waals surface area contributed by atoms with Crippen molar-refractivity contribution in [1.29, 1.82) is 0 Å². The Bertz CT molecular complexity index is 848. The summed E-state index contributed by atoms with van der Waals surface area (Å²) in [4.78, 5) is 23.1. The molecule has 7 heteroatoms. The first kappa shape index (κ1) is 16.9. The van der Waals surface area contributed by atoms with Crippen LogP contribution in [0.2, 0.25) is 0 Å². The highest BCUT2D eigenvalue weighted by atomic mass is 32.1. The first-order chi connectivity index (χ1) is 12.8. The maximum Gasteiger partial charge on any atom is 0.259 e. The predicted molar refractivity (Wildman–Crippen MR) is 98.6 cm³/mol. The van der Waals surface area contributed by atoms with Crippen LogP contribution in [0.4, 0.5) is 0 Å². The lowest BCUT2D eigenvalue weighted by molar-refractivity contribution is -0.131. The molecule has 0 aromatic carbocycles. The number of thiophene rings is 1. The van der Waals surface area contributed by atoms with E-state index in [-0.39, 0.29) is 11.9 Å². The number of rotatable bonds is 6. The van der Waals surface area contributed by atoms with Gasteiger partial charge in [0.1, 0.15) is 0 Å². The number of aryl methyl sites for hydroxylation is 1. The van der Waals surface area contributed by atoms with Gasteiger partial charge in [-0.2, -0.15) is 16.3 Å². The number of amides is 1. The summed E-state index contributed by atoms with van der Waals surface area (Å²) < 4.78 is 5.33. The standard InChI is InChI=1S/C19H20N4O2S/c24-18(11-14-7-10-26-13-14)23-9-2-4-16(23)5-6-17-21-19(25-22-17)15-3-1-8-20-12-15/h1,3,7-8,10,12-13,16H,2,4-6,9,11H2. The number of carbonyl (C=O) groups excluding carboxylic acids is 1. The van der Waals surface area contributed by atoms with Gasteiger partial charge in [0.15, 0.2) is 5.82 Å². The summed E-state index contributed by atoms with van der Waals surface area (Å²) in [6.45, 7) is 0.848. The van der Waals surface area contributed by atoms with E-state index in [0.29, 0.717) is 24.6 Å². The topological polar surface area (TPSA) is 72.1 Å². The van der Waals surface area contributed by atoms with Gasteiger partial charge in [-0.3, -0.25) is 9.78 Å². The Hall–Kier alpha value is -2.54. The Morgan fingerprint density at radius 1 is 1.38 bits per heavy atom. The number of aromatic nitrogens is 3. The van der Waals surface area contributed by atoms with E-state index in [1.165, 1.54) is 0 Å². The largest absolute Gasteiger partial charge is 0.339 e. The number of likely N-dealkylation sites (tertiary alicyclic amines) is 1. The molecule has 134 valence electrons. The highest BCUT2D eigenvalue weighted by Gasteiger charge is 2.28. The molecule has 1 aliphatic rings. The molecule has 4 rings (SSSR count). The molecule has 6 nitrogen and oxygen atoms in total. The van der Waals surface area contributed by atoms with Crippen molar-refractivity contribution >= 4 is 17.2 Å². The molecular formula is C19H20N4O2S. The smallest absolute Gasteiger partial charge is 0.259 e. The van der Waals surface area contributed by atoms with Gasteiger partial charge in [0.05, 0.1) is 12.0 Å². The molecule has 0 spiro atoms. The molecule has 1 amide bonds. The van der Waals surface area contributed by atoms with E-state index in [0.717, 1.165) is 36.9 Å². The molecule has 0 saturated carbocycles. The molecule has 4 heterocycles. The summed E-state index contributed by atoms with van der Waals surface area (Å²) in [6, 6.07) is 6.02. The minimum atomic E-state index is 0.218. The lowest BCUT2D eigenvalue weighted by atomic mass is 10.1. The number of carbonyl (C=O) groups is 1. The molecule has 1 fully saturated rings. The SMILES string of the molecule is O=C(Cc1ccsc1)N1CCCC1CCc1noc(-c2cccnc2)n1. The minimum Gasteiger partial charge on any atom is -0.339 e. The molecule has 26 heavy (non-hydrogen) atoms. The van der Waals surface area contributed by atoms with Crippen molar-refractivity contribution in [3.05, 3.63) is 52.7 Å². The van der Waals surface area contributed by atoms with Crippen LogP contribution in [0, 0.1) is 0 Å². The lowest BCUT2D eigenvalue weighted by Crippen LogP contribution is -2.36. The normalized spacial score (nSPS) is 16.9. The van der Waals surface area contributed by atoms with Crippen molar-refractivity contribution in [2.24, 2.45) is 0 Å². The van der Waals surface area contributed by atoms with Crippen LogP contribution in [0.25, 0.3) is 11.5 Å². The summed E-state index contributed by atoms with van der Waals surface area (Å²) in [7, 11) is 0. The second-order valence-electron chi connectivity index (χ2n) is 6.49. The van der Waals surface area contributed by atoms with Crippen LogP contribution < -0.4 is 0 Å². The molecule has 3 aromatic rings. The van der Waals surface area contributed by atoms with Gasteiger partial charge in [-0.25, -0.2) is 0 Å². The monoisotopic (exact) mass is 368 g/mol. The van der Waals surface area contributed by atoms with Crippen molar-refractivity contribution in [3.8, 4) is 11.5 Å². The molecule has 1 unspecified atom stereocenters. The van der Waals surface area contributed by atoms with Crippen molar-refractivity contribution in [2.45, 2.75) is 38.1 Å². The van der Waals surface area contributed by atoms with Crippen molar-refractivity contribution in [3.63, 3.8) is 0 Å². The van der Waals surface area contributed by atoms with Crippen molar-refractivity contribution in [2.75, 3.05) is 6.54 Å². The van der Waals surface area contributed by atoms with Gasteiger partial charge in [-0.1, -0.05) is 5.16 Å². The van der Waals surface area contributed by atoms with Crippen LogP contribution in [0.1, 0.15) is 30.7 Å². The first-order valence-corrected chi connectivity index (χ1v) is 9.77. The Morgan fingerprint density at radius 2 is 2.35 bits per heavy atom. The van der Waals surface area contributed by atoms with Gasteiger partial charge in [0, 0.05) is 31.4 Å². The van der Waals surface area contributed by atoms with Crippen molar-refractivity contribution < 1.29 is 9.32 Å². The van der Waals surface area contributed by atoms with Crippen LogP contribution in [-0.4, -0.2) is 38.5 Å². The Kier molecular flexibility index (Phi) is 5.06. The van der Waals surface area contributed by atoms with Crippen LogP contribution >= 0.6 is 11.3 Å². The molecule has 0 N–H and O–H groups in total. The van der Waals surface area contributed by atoms with Gasteiger partial charge < -0.3 is 9.42 Å². The second kappa shape index (κ2) is 7.78. The Labute approximate surface area is 155 Å². The Balaban J connectivity index is 1.35. The summed E-state index contributed by atoms with van der Waals surface area (Å²) in [5.74, 6) is 1.39. The van der Waals surface area contributed by atoms with E-state index in [9.17, 15) is 4.79 Å². The zero-order chi connectivity index (χ0) is 17.8. The van der Waals surface area contributed by atoms with E-state index in [1.807, 2.05) is 33.9 Å². The van der Waals surface area contributed by atoms with E-state index < -0.39 is 0 Å². The van der Waals surface area contributed by atoms with Gasteiger partial charge >= 0.3 is 0 Å². The van der Waals surface area contributed by atoms with Gasteiger partial charge in [0.25, 0.3) is 5.89 Å². The third-order valence-corrected chi connectivity index (χ3v) is 5.44. The maximum atomic E-state index is 12.6. The van der Waals surface area contributed by atoms with Crippen LogP contribution in [0.3, 0.4) is 0 Å². The zero-order valence-corrected chi connectivity index (χ0v) is 15.2. The fourth-order valence-corrected chi connectivity index (χ4v) is 4.06. The van der Waals surface area contributed by atoms with E-state index >= 15 is 0 Å². The maximum absolute atomic E-state index is 12.6.